The number of hydrogen-bond acceptors (Lipinski definition) is 3. The first-order chi connectivity index (χ1) is 10.4. The van der Waals surface area contributed by atoms with Crippen molar-refractivity contribution in [2.45, 2.75) is 33.6 Å². The minimum Gasteiger partial charge on any atom is -0.494 e. The van der Waals surface area contributed by atoms with Crippen LogP contribution in [0.25, 0.3) is 0 Å². The van der Waals surface area contributed by atoms with Gasteiger partial charge in [-0.3, -0.25) is 0 Å². The van der Waals surface area contributed by atoms with Crippen LogP contribution in [0.5, 0.6) is 5.75 Å². The molecule has 1 heterocycles. The second-order valence-corrected chi connectivity index (χ2v) is 7.73. The molecule has 1 aromatic rings. The van der Waals surface area contributed by atoms with Gasteiger partial charge in [-0.25, -0.2) is 0 Å². The van der Waals surface area contributed by atoms with Crippen molar-refractivity contribution in [2.75, 3.05) is 46.4 Å². The van der Waals surface area contributed by atoms with Crippen LogP contribution in [0.2, 0.25) is 0 Å². The minimum absolute atomic E-state index is 0.319. The Morgan fingerprint density at radius 3 is 2.50 bits per heavy atom. The predicted octanol–water partition coefficient (Wildman–Crippen LogP) is 3.29. The Bertz CT molecular complexity index is 445. The van der Waals surface area contributed by atoms with Crippen LogP contribution in [-0.2, 0) is 6.42 Å². The molecule has 0 atom stereocenters. The molecule has 3 heteroatoms. The lowest BCUT2D eigenvalue weighted by Gasteiger charge is -2.32. The van der Waals surface area contributed by atoms with Crippen LogP contribution in [-0.4, -0.2) is 56.2 Å². The van der Waals surface area contributed by atoms with E-state index in [1.54, 1.807) is 0 Å². The monoisotopic (exact) mass is 304 g/mol. The summed E-state index contributed by atoms with van der Waals surface area (Å²) in [5, 5.41) is 0. The van der Waals surface area contributed by atoms with Crippen molar-refractivity contribution >= 4 is 0 Å². The Balaban J connectivity index is 1.69. The van der Waals surface area contributed by atoms with Gasteiger partial charge in [-0.2, -0.15) is 0 Å². The molecular formula is C19H32N2O. The number of ether oxygens (including phenoxy) is 1. The van der Waals surface area contributed by atoms with E-state index in [0.717, 1.165) is 31.7 Å². The van der Waals surface area contributed by atoms with Crippen LogP contribution in [0.3, 0.4) is 0 Å². The minimum atomic E-state index is 0.319. The summed E-state index contributed by atoms with van der Waals surface area (Å²) in [6.07, 6.45) is 2.19. The number of piperazine rings is 1. The van der Waals surface area contributed by atoms with Gasteiger partial charge in [0.05, 0.1) is 6.61 Å². The molecule has 124 valence electrons. The summed E-state index contributed by atoms with van der Waals surface area (Å²) in [4.78, 5) is 4.94. The summed E-state index contributed by atoms with van der Waals surface area (Å²) >= 11 is 0. The summed E-state index contributed by atoms with van der Waals surface area (Å²) < 4.78 is 5.94. The molecule has 2 rings (SSSR count). The Hall–Kier alpha value is -1.06. The van der Waals surface area contributed by atoms with E-state index in [0.29, 0.717) is 5.41 Å². The first kappa shape index (κ1) is 17.3. The molecule has 0 saturated carbocycles. The lowest BCUT2D eigenvalue weighted by molar-refractivity contribution is 0.145. The van der Waals surface area contributed by atoms with E-state index < -0.39 is 0 Å². The molecule has 1 saturated heterocycles. The third-order valence-electron chi connectivity index (χ3n) is 4.12. The fourth-order valence-electron chi connectivity index (χ4n) is 2.91. The zero-order valence-corrected chi connectivity index (χ0v) is 14.8. The molecule has 0 aromatic heterocycles. The maximum absolute atomic E-state index is 5.94. The highest BCUT2D eigenvalue weighted by Crippen LogP contribution is 2.23. The molecule has 1 aliphatic rings. The molecule has 0 radical (unpaired) electrons. The lowest BCUT2D eigenvalue weighted by Crippen LogP contribution is -2.44. The molecule has 3 nitrogen and oxygen atoms in total. The van der Waals surface area contributed by atoms with Gasteiger partial charge >= 0.3 is 0 Å². The predicted molar refractivity (Wildman–Crippen MR) is 93.7 cm³/mol. The van der Waals surface area contributed by atoms with Crippen molar-refractivity contribution in [1.82, 2.24) is 9.80 Å². The van der Waals surface area contributed by atoms with Crippen LogP contribution in [0.4, 0.5) is 0 Å². The Kier molecular flexibility index (Phi) is 6.27. The summed E-state index contributed by atoms with van der Waals surface area (Å²) in [6.45, 7) is 13.5. The van der Waals surface area contributed by atoms with Gasteiger partial charge in [0.1, 0.15) is 5.75 Å². The van der Waals surface area contributed by atoms with E-state index in [1.165, 1.54) is 31.7 Å². The van der Waals surface area contributed by atoms with Gasteiger partial charge in [-0.05, 0) is 43.0 Å². The Morgan fingerprint density at radius 1 is 1.09 bits per heavy atom. The summed E-state index contributed by atoms with van der Waals surface area (Å²) in [6, 6.07) is 8.57. The molecule has 0 aliphatic carbocycles. The Morgan fingerprint density at radius 2 is 1.82 bits per heavy atom. The molecule has 0 bridgehead atoms. The third-order valence-corrected chi connectivity index (χ3v) is 4.12. The van der Waals surface area contributed by atoms with Crippen molar-refractivity contribution in [2.24, 2.45) is 5.41 Å². The highest BCUT2D eigenvalue weighted by Gasteiger charge is 2.13. The van der Waals surface area contributed by atoms with Crippen LogP contribution in [0, 0.1) is 5.41 Å². The number of nitrogens with zero attached hydrogens (tertiary/aromatic N) is 2. The summed E-state index contributed by atoms with van der Waals surface area (Å²) in [5.41, 5.74) is 1.68. The lowest BCUT2D eigenvalue weighted by atomic mass is 9.88. The smallest absolute Gasteiger partial charge is 0.119 e. The number of rotatable bonds is 6. The number of hydrogen-bond donors (Lipinski definition) is 0. The second kappa shape index (κ2) is 7.98. The van der Waals surface area contributed by atoms with Crippen molar-refractivity contribution in [3.8, 4) is 5.75 Å². The van der Waals surface area contributed by atoms with Crippen molar-refractivity contribution in [1.29, 1.82) is 0 Å². The molecule has 22 heavy (non-hydrogen) atoms. The quantitative estimate of drug-likeness (QED) is 0.750. The number of benzene rings is 1. The molecule has 0 N–H and O–H groups in total. The normalized spacial score (nSPS) is 17.6. The van der Waals surface area contributed by atoms with Crippen LogP contribution < -0.4 is 4.74 Å². The van der Waals surface area contributed by atoms with Gasteiger partial charge in [-0.15, -0.1) is 0 Å². The van der Waals surface area contributed by atoms with Crippen molar-refractivity contribution < 1.29 is 4.74 Å². The molecule has 0 amide bonds. The van der Waals surface area contributed by atoms with E-state index >= 15 is 0 Å². The second-order valence-electron chi connectivity index (χ2n) is 7.73. The number of likely N-dealkylation sites (N-methyl/N-ethyl adjacent to an activating group) is 1. The first-order valence-electron chi connectivity index (χ1n) is 8.55. The SMILES string of the molecule is CN1CCN(CCCOc2cccc(CC(C)(C)C)c2)CC1. The van der Waals surface area contributed by atoms with Gasteiger partial charge in [-0.1, -0.05) is 32.9 Å². The van der Waals surface area contributed by atoms with E-state index in [1.807, 2.05) is 0 Å². The average Bonchev–Trinajstić information content (AvgIpc) is 2.44. The van der Waals surface area contributed by atoms with Crippen molar-refractivity contribution in [3.63, 3.8) is 0 Å². The maximum Gasteiger partial charge on any atom is 0.119 e. The maximum atomic E-state index is 5.94. The zero-order chi connectivity index (χ0) is 16.0. The molecular weight excluding hydrogens is 272 g/mol. The van der Waals surface area contributed by atoms with Gasteiger partial charge < -0.3 is 14.5 Å². The highest BCUT2D eigenvalue weighted by atomic mass is 16.5. The summed E-state index contributed by atoms with van der Waals surface area (Å²) in [5.74, 6) is 1.01. The van der Waals surface area contributed by atoms with Crippen molar-refractivity contribution in [3.05, 3.63) is 29.8 Å². The highest BCUT2D eigenvalue weighted by molar-refractivity contribution is 5.29. The molecule has 1 fully saturated rings. The van der Waals surface area contributed by atoms with Crippen LogP contribution in [0.1, 0.15) is 32.8 Å². The zero-order valence-electron chi connectivity index (χ0n) is 14.8. The molecule has 1 aliphatic heterocycles. The van der Waals surface area contributed by atoms with E-state index in [9.17, 15) is 0 Å². The standard InChI is InChI=1S/C19H32N2O/c1-19(2,3)16-17-7-5-8-18(15-17)22-14-6-9-21-12-10-20(4)11-13-21/h5,7-8,15H,6,9-14,16H2,1-4H3. The van der Waals surface area contributed by atoms with Gasteiger partial charge in [0, 0.05) is 32.7 Å². The summed E-state index contributed by atoms with van der Waals surface area (Å²) in [7, 11) is 2.20. The fraction of sp³-hybridized carbons (Fsp3) is 0.684. The van der Waals surface area contributed by atoms with E-state index in [4.69, 9.17) is 4.74 Å². The Labute approximate surface area is 136 Å². The fourth-order valence-corrected chi connectivity index (χ4v) is 2.91. The van der Waals surface area contributed by atoms with Gasteiger partial charge in [0.25, 0.3) is 0 Å². The van der Waals surface area contributed by atoms with Gasteiger partial charge in [0.15, 0.2) is 0 Å². The average molecular weight is 304 g/mol. The topological polar surface area (TPSA) is 15.7 Å². The van der Waals surface area contributed by atoms with E-state index in [-0.39, 0.29) is 0 Å². The van der Waals surface area contributed by atoms with E-state index in [2.05, 4.69) is 61.9 Å². The molecule has 0 spiro atoms. The largest absolute Gasteiger partial charge is 0.494 e. The first-order valence-corrected chi connectivity index (χ1v) is 8.55. The van der Waals surface area contributed by atoms with Crippen LogP contribution >= 0.6 is 0 Å². The van der Waals surface area contributed by atoms with Crippen LogP contribution in [0.15, 0.2) is 24.3 Å². The third kappa shape index (κ3) is 6.37. The molecule has 1 aromatic carbocycles. The molecule has 0 unspecified atom stereocenters. The van der Waals surface area contributed by atoms with Gasteiger partial charge in [0.2, 0.25) is 0 Å².